The number of aliphatic hydroxyl groups excluding tert-OH is 1. The zero-order valence-electron chi connectivity index (χ0n) is 20.7. The molecule has 1 saturated heterocycles. The van der Waals surface area contributed by atoms with Crippen LogP contribution in [0.4, 0.5) is 4.39 Å². The van der Waals surface area contributed by atoms with Crippen molar-refractivity contribution in [3.8, 4) is 5.75 Å². The van der Waals surface area contributed by atoms with Crippen molar-refractivity contribution >= 4 is 17.4 Å². The average molecular weight is 509 g/mol. The fourth-order valence-electron chi connectivity index (χ4n) is 4.58. The van der Waals surface area contributed by atoms with Crippen molar-refractivity contribution in [2.45, 2.75) is 26.1 Å². The third kappa shape index (κ3) is 5.04. The van der Waals surface area contributed by atoms with Crippen LogP contribution >= 0.6 is 0 Å². The highest BCUT2D eigenvalue weighted by atomic mass is 19.1. The second-order valence-corrected chi connectivity index (χ2v) is 9.11. The van der Waals surface area contributed by atoms with E-state index in [4.69, 9.17) is 4.74 Å². The number of halogens is 1. The highest BCUT2D eigenvalue weighted by molar-refractivity contribution is 6.46. The second-order valence-electron chi connectivity index (χ2n) is 9.11. The monoisotopic (exact) mass is 508 g/mol. The number of amides is 1. The number of hydrogen-bond donors (Lipinski definition) is 1. The summed E-state index contributed by atoms with van der Waals surface area (Å²) in [4.78, 5) is 31.6. The van der Waals surface area contributed by atoms with E-state index in [1.54, 1.807) is 54.9 Å². The van der Waals surface area contributed by atoms with Gasteiger partial charge in [0.25, 0.3) is 11.7 Å². The molecule has 0 radical (unpaired) electrons. The van der Waals surface area contributed by atoms with Gasteiger partial charge in [0, 0.05) is 30.1 Å². The molecule has 1 fully saturated rings. The molecule has 1 amide bonds. The van der Waals surface area contributed by atoms with Gasteiger partial charge in [-0.2, -0.15) is 0 Å². The number of nitrogens with zero attached hydrogens (tertiary/aromatic N) is 2. The van der Waals surface area contributed by atoms with Crippen LogP contribution in [0.1, 0.15) is 33.9 Å². The van der Waals surface area contributed by atoms with Crippen LogP contribution in [-0.2, 0) is 22.7 Å². The molecule has 2 heterocycles. The number of aryl methyl sites for hydroxylation is 1. The van der Waals surface area contributed by atoms with Gasteiger partial charge in [0.2, 0.25) is 0 Å². The molecule has 0 saturated carbocycles. The molecule has 4 aromatic rings. The minimum absolute atomic E-state index is 0.0502. The van der Waals surface area contributed by atoms with Crippen molar-refractivity contribution in [3.05, 3.63) is 137 Å². The summed E-state index contributed by atoms with van der Waals surface area (Å²) >= 11 is 0. The number of Topliss-reactive ketones (excluding diaryl/α,β-unsaturated/α-hetero) is 1. The van der Waals surface area contributed by atoms with Gasteiger partial charge in [-0.05, 0) is 60.5 Å². The van der Waals surface area contributed by atoms with Crippen molar-refractivity contribution in [2.75, 3.05) is 0 Å². The van der Waals surface area contributed by atoms with Crippen LogP contribution in [0.15, 0.2) is 103 Å². The molecule has 190 valence electrons. The largest absolute Gasteiger partial charge is 0.507 e. The molecular weight excluding hydrogens is 483 g/mol. The van der Waals surface area contributed by atoms with E-state index >= 15 is 0 Å². The first-order chi connectivity index (χ1) is 18.4. The molecule has 6 nitrogen and oxygen atoms in total. The predicted molar refractivity (Wildman–Crippen MR) is 140 cm³/mol. The van der Waals surface area contributed by atoms with E-state index in [1.807, 2.05) is 31.2 Å². The van der Waals surface area contributed by atoms with Gasteiger partial charge in [-0.3, -0.25) is 14.6 Å². The maximum absolute atomic E-state index is 15.0. The van der Waals surface area contributed by atoms with Crippen molar-refractivity contribution in [2.24, 2.45) is 0 Å². The van der Waals surface area contributed by atoms with Gasteiger partial charge in [-0.1, -0.05) is 48.0 Å². The number of ether oxygens (including phenoxy) is 1. The third-order valence-corrected chi connectivity index (χ3v) is 6.46. The summed E-state index contributed by atoms with van der Waals surface area (Å²) in [6, 6.07) is 22.8. The highest BCUT2D eigenvalue weighted by Gasteiger charge is 2.46. The number of likely N-dealkylation sites (tertiary alicyclic amines) is 1. The summed E-state index contributed by atoms with van der Waals surface area (Å²) in [7, 11) is 0. The molecule has 0 spiro atoms. The lowest BCUT2D eigenvalue weighted by Crippen LogP contribution is -2.29. The summed E-state index contributed by atoms with van der Waals surface area (Å²) in [6.45, 7) is 2.44. The Morgan fingerprint density at radius 2 is 1.68 bits per heavy atom. The quantitative estimate of drug-likeness (QED) is 0.196. The van der Waals surface area contributed by atoms with E-state index in [9.17, 15) is 19.1 Å². The van der Waals surface area contributed by atoms with Crippen LogP contribution in [0.3, 0.4) is 0 Å². The number of carbonyl (C=O) groups is 2. The summed E-state index contributed by atoms with van der Waals surface area (Å²) in [5.41, 5.74) is 3.16. The molecule has 3 aromatic carbocycles. The molecule has 0 aliphatic carbocycles. The second kappa shape index (κ2) is 10.7. The Kier molecular flexibility index (Phi) is 7.00. The van der Waals surface area contributed by atoms with Gasteiger partial charge in [0.1, 0.15) is 23.9 Å². The van der Waals surface area contributed by atoms with E-state index in [0.29, 0.717) is 17.9 Å². The van der Waals surface area contributed by atoms with E-state index in [-0.39, 0.29) is 23.4 Å². The Morgan fingerprint density at radius 1 is 0.947 bits per heavy atom. The Bertz CT molecular complexity index is 1520. The minimum Gasteiger partial charge on any atom is -0.507 e. The number of ketones is 1. The summed E-state index contributed by atoms with van der Waals surface area (Å²) < 4.78 is 20.8. The highest BCUT2D eigenvalue weighted by Crippen LogP contribution is 2.41. The topological polar surface area (TPSA) is 79.7 Å². The van der Waals surface area contributed by atoms with E-state index in [0.717, 1.165) is 16.7 Å². The first kappa shape index (κ1) is 24.9. The SMILES string of the molecule is Cc1cccc(COc2ccc(/C(O)=C3\C(=O)C(=O)N(Cc4ccncc4)[C@H]3c3ccccc3F)cc2)c1. The van der Waals surface area contributed by atoms with Gasteiger partial charge < -0.3 is 14.7 Å². The Morgan fingerprint density at radius 3 is 2.39 bits per heavy atom. The molecular formula is C31H25FN2O4. The number of pyridine rings is 1. The predicted octanol–water partition coefficient (Wildman–Crippen LogP) is 5.73. The molecule has 1 atom stereocenters. The van der Waals surface area contributed by atoms with Crippen molar-refractivity contribution in [3.63, 3.8) is 0 Å². The van der Waals surface area contributed by atoms with Gasteiger partial charge in [-0.25, -0.2) is 4.39 Å². The standard InChI is InChI=1S/C31H25FN2O4/c1-20-5-4-6-22(17-20)19-38-24-11-9-23(10-12-24)29(35)27-28(25-7-2-3-8-26(25)32)34(31(37)30(27)36)18-21-13-15-33-16-14-21/h2-17,28,35H,18-19H2,1H3/b29-27+/t28-/m0/s1. The maximum atomic E-state index is 15.0. The van der Waals surface area contributed by atoms with Gasteiger partial charge in [0.05, 0.1) is 11.6 Å². The summed E-state index contributed by atoms with van der Waals surface area (Å²) in [6.07, 6.45) is 3.15. The van der Waals surface area contributed by atoms with Crippen molar-refractivity contribution < 1.29 is 23.8 Å². The lowest BCUT2D eigenvalue weighted by atomic mass is 9.94. The first-order valence-electron chi connectivity index (χ1n) is 12.1. The lowest BCUT2D eigenvalue weighted by Gasteiger charge is -2.25. The summed E-state index contributed by atoms with van der Waals surface area (Å²) in [5.74, 6) is -2.06. The molecule has 5 rings (SSSR count). The van der Waals surface area contributed by atoms with Gasteiger partial charge in [-0.15, -0.1) is 0 Å². The molecule has 1 aromatic heterocycles. The van der Waals surface area contributed by atoms with Crippen LogP contribution in [0.2, 0.25) is 0 Å². The van der Waals surface area contributed by atoms with Gasteiger partial charge >= 0.3 is 0 Å². The molecule has 0 bridgehead atoms. The molecule has 38 heavy (non-hydrogen) atoms. The fourth-order valence-corrected chi connectivity index (χ4v) is 4.58. The summed E-state index contributed by atoms with van der Waals surface area (Å²) in [5, 5.41) is 11.3. The Hall–Kier alpha value is -4.78. The van der Waals surface area contributed by atoms with Crippen LogP contribution in [-0.4, -0.2) is 26.7 Å². The molecule has 1 N–H and O–H groups in total. The molecule has 0 unspecified atom stereocenters. The molecule has 1 aliphatic heterocycles. The Balaban J connectivity index is 1.48. The van der Waals surface area contributed by atoms with E-state index in [2.05, 4.69) is 4.98 Å². The van der Waals surface area contributed by atoms with Crippen molar-refractivity contribution in [1.82, 2.24) is 9.88 Å². The number of aromatic nitrogens is 1. The number of hydrogen-bond acceptors (Lipinski definition) is 5. The van der Waals surface area contributed by atoms with Crippen LogP contribution in [0, 0.1) is 12.7 Å². The zero-order chi connectivity index (χ0) is 26.6. The smallest absolute Gasteiger partial charge is 0.295 e. The van der Waals surface area contributed by atoms with Crippen molar-refractivity contribution in [1.29, 1.82) is 0 Å². The third-order valence-electron chi connectivity index (χ3n) is 6.46. The first-order valence-corrected chi connectivity index (χ1v) is 12.1. The fraction of sp³-hybridized carbons (Fsp3) is 0.129. The van der Waals surface area contributed by atoms with E-state index < -0.39 is 23.5 Å². The lowest BCUT2D eigenvalue weighted by molar-refractivity contribution is -0.140. The van der Waals surface area contributed by atoms with Crippen LogP contribution < -0.4 is 4.74 Å². The maximum Gasteiger partial charge on any atom is 0.295 e. The molecule has 7 heteroatoms. The van der Waals surface area contributed by atoms with Crippen LogP contribution in [0.25, 0.3) is 5.76 Å². The van der Waals surface area contributed by atoms with Gasteiger partial charge in [0.15, 0.2) is 0 Å². The Labute approximate surface area is 219 Å². The number of benzene rings is 3. The van der Waals surface area contributed by atoms with Crippen LogP contribution in [0.5, 0.6) is 5.75 Å². The van der Waals surface area contributed by atoms with E-state index in [1.165, 1.54) is 23.1 Å². The number of rotatable bonds is 7. The molecule has 1 aliphatic rings. The number of aliphatic hydroxyl groups is 1. The number of carbonyl (C=O) groups excluding carboxylic acids is 2. The average Bonchev–Trinajstić information content (AvgIpc) is 3.17. The minimum atomic E-state index is -1.10. The zero-order valence-corrected chi connectivity index (χ0v) is 20.7. The normalized spacial score (nSPS) is 16.6.